The third-order valence-electron chi connectivity index (χ3n) is 4.02. The zero-order valence-corrected chi connectivity index (χ0v) is 15.5. The van der Waals surface area contributed by atoms with E-state index in [2.05, 4.69) is 15.3 Å². The second-order valence-electron chi connectivity index (χ2n) is 6.06. The maximum atomic E-state index is 13.6. The van der Waals surface area contributed by atoms with Crippen molar-refractivity contribution >= 4 is 40.0 Å². The number of hydrogen-bond donors (Lipinski definition) is 2. The number of anilines is 1. The Hall–Kier alpha value is -3.71. The minimum atomic E-state index is -0.536. The normalized spacial score (nSPS) is 11.6. The van der Waals surface area contributed by atoms with Crippen molar-refractivity contribution in [1.82, 2.24) is 4.98 Å². The summed E-state index contributed by atoms with van der Waals surface area (Å²) in [5, 5.41) is 13.1. The van der Waals surface area contributed by atoms with Crippen LogP contribution >= 0.6 is 11.6 Å². The first-order chi connectivity index (χ1) is 14.0. The van der Waals surface area contributed by atoms with Crippen molar-refractivity contribution in [2.75, 3.05) is 5.32 Å². The van der Waals surface area contributed by atoms with Crippen LogP contribution in [0.25, 0.3) is 11.0 Å². The van der Waals surface area contributed by atoms with Gasteiger partial charge in [-0.2, -0.15) is 0 Å². The number of phenols is 1. The Kier molecular flexibility index (Phi) is 4.97. The highest BCUT2D eigenvalue weighted by Crippen LogP contribution is 2.26. The highest BCUT2D eigenvalue weighted by molar-refractivity contribution is 6.32. The van der Waals surface area contributed by atoms with Gasteiger partial charge in [-0.1, -0.05) is 17.7 Å². The molecule has 0 spiro atoms. The Morgan fingerprint density at radius 2 is 2.00 bits per heavy atom. The Morgan fingerprint density at radius 1 is 1.14 bits per heavy atom. The van der Waals surface area contributed by atoms with Crippen molar-refractivity contribution in [1.29, 1.82) is 0 Å². The van der Waals surface area contributed by atoms with Gasteiger partial charge in [0.15, 0.2) is 0 Å². The fourth-order valence-electron chi connectivity index (χ4n) is 2.65. The number of hydrogen-bond acceptors (Lipinski definition) is 5. The van der Waals surface area contributed by atoms with Crippen molar-refractivity contribution < 1.29 is 18.7 Å². The largest absolute Gasteiger partial charge is 0.508 e. The van der Waals surface area contributed by atoms with Crippen LogP contribution in [-0.2, 0) is 0 Å². The number of fused-ring (bicyclic) bond motifs is 1. The third kappa shape index (κ3) is 4.09. The average Bonchev–Trinajstić information content (AvgIpc) is 2.71. The van der Waals surface area contributed by atoms with Crippen molar-refractivity contribution in [3.05, 3.63) is 88.8 Å². The van der Waals surface area contributed by atoms with Crippen LogP contribution in [0.15, 0.2) is 76.3 Å². The van der Waals surface area contributed by atoms with E-state index < -0.39 is 11.7 Å². The van der Waals surface area contributed by atoms with Gasteiger partial charge in [0, 0.05) is 23.7 Å². The van der Waals surface area contributed by atoms with Crippen LogP contribution in [0.5, 0.6) is 5.75 Å². The number of rotatable bonds is 3. The van der Waals surface area contributed by atoms with Crippen LogP contribution in [0.2, 0.25) is 5.02 Å². The number of aromatic hydroxyl groups is 1. The quantitative estimate of drug-likeness (QED) is 0.508. The van der Waals surface area contributed by atoms with Crippen LogP contribution in [0.4, 0.5) is 15.9 Å². The van der Waals surface area contributed by atoms with Crippen molar-refractivity contribution in [3.8, 4) is 5.75 Å². The smallest absolute Gasteiger partial charge is 0.262 e. The Balaban J connectivity index is 1.90. The maximum absolute atomic E-state index is 13.6. The average molecular weight is 410 g/mol. The van der Waals surface area contributed by atoms with Gasteiger partial charge in [0.2, 0.25) is 5.55 Å². The Morgan fingerprint density at radius 3 is 2.79 bits per heavy atom. The Labute approximate surface area is 168 Å². The highest BCUT2D eigenvalue weighted by Gasteiger charge is 2.14. The molecule has 6 nitrogen and oxygen atoms in total. The summed E-state index contributed by atoms with van der Waals surface area (Å²) in [6.45, 7) is 0. The van der Waals surface area contributed by atoms with E-state index in [1.807, 2.05) is 0 Å². The first kappa shape index (κ1) is 18.6. The van der Waals surface area contributed by atoms with E-state index >= 15 is 0 Å². The molecule has 2 aromatic heterocycles. The van der Waals surface area contributed by atoms with Gasteiger partial charge >= 0.3 is 0 Å². The fourth-order valence-corrected chi connectivity index (χ4v) is 2.81. The van der Waals surface area contributed by atoms with Gasteiger partial charge < -0.3 is 14.8 Å². The minimum Gasteiger partial charge on any atom is -0.508 e. The zero-order chi connectivity index (χ0) is 20.4. The zero-order valence-electron chi connectivity index (χ0n) is 14.8. The van der Waals surface area contributed by atoms with Gasteiger partial charge in [0.25, 0.3) is 5.91 Å². The number of pyridine rings is 1. The molecule has 0 saturated carbocycles. The second kappa shape index (κ2) is 7.73. The SMILES string of the molecule is O=C(Nc1ccccn1)c1cc2ccc(O)cc2oc1=Nc1cc(F)ccc1Cl. The predicted octanol–water partition coefficient (Wildman–Crippen LogP) is 4.81. The number of nitrogens with one attached hydrogen (secondary N) is 1. The molecule has 0 aliphatic carbocycles. The minimum absolute atomic E-state index is 0.0123. The second-order valence-corrected chi connectivity index (χ2v) is 6.47. The number of carbonyl (C=O) groups excluding carboxylic acids is 1. The molecule has 4 aromatic rings. The number of carbonyl (C=O) groups is 1. The molecule has 2 N–H and O–H groups in total. The van der Waals surface area contributed by atoms with E-state index in [0.717, 1.165) is 6.07 Å². The predicted molar refractivity (Wildman–Crippen MR) is 107 cm³/mol. The fraction of sp³-hybridized carbons (Fsp3) is 0. The van der Waals surface area contributed by atoms with E-state index in [4.69, 9.17) is 16.0 Å². The topological polar surface area (TPSA) is 87.7 Å². The molecule has 0 radical (unpaired) electrons. The monoisotopic (exact) mass is 409 g/mol. The molecule has 2 aromatic carbocycles. The van der Waals surface area contributed by atoms with Gasteiger partial charge in [-0.25, -0.2) is 14.4 Å². The molecule has 144 valence electrons. The standard InChI is InChI=1S/C21H13ClFN3O3/c22-16-7-5-13(23)10-17(16)25-21-15(20(28)26-19-3-1-2-8-24-19)9-12-4-6-14(27)11-18(12)29-21/h1-11,27H,(H,24,26,28). The van der Waals surface area contributed by atoms with Gasteiger partial charge in [-0.05, 0) is 42.5 Å². The third-order valence-corrected chi connectivity index (χ3v) is 4.33. The van der Waals surface area contributed by atoms with Crippen molar-refractivity contribution in [3.63, 3.8) is 0 Å². The molecule has 0 aliphatic rings. The molecule has 0 bridgehead atoms. The van der Waals surface area contributed by atoms with E-state index in [1.54, 1.807) is 36.5 Å². The number of halogens is 2. The number of benzene rings is 2. The molecule has 8 heteroatoms. The van der Waals surface area contributed by atoms with Crippen molar-refractivity contribution in [2.45, 2.75) is 0 Å². The first-order valence-electron chi connectivity index (χ1n) is 8.49. The molecule has 29 heavy (non-hydrogen) atoms. The summed E-state index contributed by atoms with van der Waals surface area (Å²) in [5.41, 5.74) is 0.394. The lowest BCUT2D eigenvalue weighted by Crippen LogP contribution is -2.22. The van der Waals surface area contributed by atoms with Gasteiger partial charge in [0.05, 0.1) is 10.7 Å². The molecular formula is C21H13ClFN3O3. The van der Waals surface area contributed by atoms with Gasteiger partial charge in [-0.3, -0.25) is 4.79 Å². The highest BCUT2D eigenvalue weighted by atomic mass is 35.5. The van der Waals surface area contributed by atoms with Gasteiger partial charge in [-0.15, -0.1) is 0 Å². The lowest BCUT2D eigenvalue weighted by atomic mass is 10.1. The van der Waals surface area contributed by atoms with E-state index in [-0.39, 0.29) is 27.6 Å². The van der Waals surface area contributed by atoms with Crippen molar-refractivity contribution in [2.24, 2.45) is 4.99 Å². The van der Waals surface area contributed by atoms with E-state index in [1.165, 1.54) is 24.3 Å². The summed E-state index contributed by atoms with van der Waals surface area (Å²) in [4.78, 5) is 21.2. The van der Waals surface area contributed by atoms with Crippen LogP contribution in [0, 0.1) is 5.82 Å². The molecule has 2 heterocycles. The molecule has 0 unspecified atom stereocenters. The molecule has 0 aliphatic heterocycles. The lowest BCUT2D eigenvalue weighted by Gasteiger charge is -2.07. The summed E-state index contributed by atoms with van der Waals surface area (Å²) >= 11 is 6.10. The molecule has 0 atom stereocenters. The summed E-state index contributed by atoms with van der Waals surface area (Å²) in [5.74, 6) is -0.723. The lowest BCUT2D eigenvalue weighted by molar-refractivity contribution is 0.102. The van der Waals surface area contributed by atoms with Gasteiger partial charge in [0.1, 0.15) is 28.5 Å². The van der Waals surface area contributed by atoms with E-state index in [0.29, 0.717) is 16.8 Å². The summed E-state index contributed by atoms with van der Waals surface area (Å²) in [6, 6.07) is 14.8. The summed E-state index contributed by atoms with van der Waals surface area (Å²) in [6.07, 6.45) is 1.54. The first-order valence-corrected chi connectivity index (χ1v) is 8.86. The molecule has 0 fully saturated rings. The maximum Gasteiger partial charge on any atom is 0.262 e. The van der Waals surface area contributed by atoms with E-state index in [9.17, 15) is 14.3 Å². The number of phenolic OH excluding ortho intramolecular Hbond substituents is 1. The number of nitrogens with zero attached hydrogens (tertiary/aromatic N) is 2. The van der Waals surface area contributed by atoms with Crippen LogP contribution in [-0.4, -0.2) is 16.0 Å². The summed E-state index contributed by atoms with van der Waals surface area (Å²) in [7, 11) is 0. The molecule has 1 amide bonds. The number of amides is 1. The van der Waals surface area contributed by atoms with Crippen LogP contribution in [0.1, 0.15) is 10.4 Å². The molecular weight excluding hydrogens is 397 g/mol. The number of aromatic nitrogens is 1. The Bertz CT molecular complexity index is 1290. The molecule has 4 rings (SSSR count). The summed E-state index contributed by atoms with van der Waals surface area (Å²) < 4.78 is 19.4. The van der Waals surface area contributed by atoms with Crippen LogP contribution in [0.3, 0.4) is 0 Å². The van der Waals surface area contributed by atoms with Crippen LogP contribution < -0.4 is 10.9 Å². The molecule has 0 saturated heterocycles.